The fraction of sp³-hybridized carbons (Fsp3) is 0.0526. The molecule has 0 unspecified atom stereocenters. The number of hydrogen-bond donors (Lipinski definition) is 0. The largest absolute Gasteiger partial charge is 0.277 e. The summed E-state index contributed by atoms with van der Waals surface area (Å²) in [5.74, 6) is 3.10. The van der Waals surface area contributed by atoms with Crippen molar-refractivity contribution >= 4 is 77.2 Å². The zero-order valence-corrected chi connectivity index (χ0v) is 23.6. The maximum Gasteiger partial charge on any atom is 0.277 e. The van der Waals surface area contributed by atoms with Crippen LogP contribution >= 0.6 is 0 Å². The van der Waals surface area contributed by atoms with Gasteiger partial charge >= 0.3 is 0 Å². The molecule has 0 saturated carbocycles. The van der Waals surface area contributed by atoms with Crippen LogP contribution < -0.4 is 11.0 Å². The van der Waals surface area contributed by atoms with Crippen LogP contribution in [-0.2, 0) is 5.79 Å². The lowest BCUT2D eigenvalue weighted by atomic mass is 9.99. The van der Waals surface area contributed by atoms with Crippen molar-refractivity contribution in [3.05, 3.63) is 131 Å². The van der Waals surface area contributed by atoms with E-state index in [1.165, 1.54) is 32.3 Å². The number of nitrogens with zero attached hydrogens (tertiary/aromatic N) is 6. The van der Waals surface area contributed by atoms with Crippen LogP contribution in [0.2, 0.25) is 0 Å². The minimum atomic E-state index is -0.689. The molecule has 8 aromatic rings. The Bertz CT molecular complexity index is 2950. The predicted molar refractivity (Wildman–Crippen MR) is 174 cm³/mol. The number of aromatic nitrogens is 2. The summed E-state index contributed by atoms with van der Waals surface area (Å²) in [5, 5.41) is 11.7. The molecule has 0 radical (unpaired) electrons. The average Bonchev–Trinajstić information content (AvgIpc) is 3.70. The van der Waals surface area contributed by atoms with Gasteiger partial charge in [-0.05, 0) is 50.5 Å². The number of hydrogen-bond acceptors (Lipinski definition) is 3. The molecule has 0 amide bonds. The van der Waals surface area contributed by atoms with E-state index in [-0.39, 0.29) is 0 Å². The molecule has 0 saturated heterocycles. The number of fused-ring (bicyclic) bond motifs is 15. The molecule has 0 spiro atoms. The van der Waals surface area contributed by atoms with Gasteiger partial charge in [-0.2, -0.15) is 4.58 Å². The van der Waals surface area contributed by atoms with E-state index < -0.39 is 5.79 Å². The summed E-state index contributed by atoms with van der Waals surface area (Å²) in [6, 6.07) is 39.2. The Balaban J connectivity index is 1.41. The van der Waals surface area contributed by atoms with Gasteiger partial charge in [-0.25, -0.2) is 14.1 Å². The standard InChI is InChI=1S/C38H21N6/c1-38-42-32-26-17-14-20-8-2-5-11-23(20)29(26)35(42)40-34-28-19-16-22-10-4-7-13-25(22)31(28)37(44(34)38)41-36-30-24-12-6-3-9-21(24)15-18-27(30)33(39-32)43(36)38/h2-19H,1H3/q+1/t38-/m1/s1. The predicted octanol–water partition coefficient (Wildman–Crippen LogP) is 7.00. The van der Waals surface area contributed by atoms with Gasteiger partial charge in [0.25, 0.3) is 17.5 Å². The lowest BCUT2D eigenvalue weighted by Gasteiger charge is -2.38. The molecule has 4 aliphatic heterocycles. The van der Waals surface area contributed by atoms with Crippen LogP contribution in [0.25, 0.3) is 53.9 Å². The maximum atomic E-state index is 5.58. The molecule has 0 fully saturated rings. The molecule has 44 heavy (non-hydrogen) atoms. The van der Waals surface area contributed by atoms with E-state index in [2.05, 4.69) is 130 Å². The Labute approximate surface area is 249 Å². The summed E-state index contributed by atoms with van der Waals surface area (Å²) in [6.45, 7) is 2.32. The van der Waals surface area contributed by atoms with Crippen LogP contribution in [0.15, 0.2) is 124 Å². The van der Waals surface area contributed by atoms with Gasteiger partial charge in [-0.1, -0.05) is 101 Å². The molecule has 6 nitrogen and oxygen atoms in total. The summed E-state index contributed by atoms with van der Waals surface area (Å²) >= 11 is 0. The highest BCUT2D eigenvalue weighted by Crippen LogP contribution is 2.51. The second kappa shape index (κ2) is 6.84. The lowest BCUT2D eigenvalue weighted by molar-refractivity contribution is -0.550. The summed E-state index contributed by atoms with van der Waals surface area (Å²) < 4.78 is 7.11. The van der Waals surface area contributed by atoms with Gasteiger partial charge in [-0.3, -0.25) is 0 Å². The molecule has 2 aromatic heterocycles. The normalized spacial score (nSPS) is 18.6. The Kier molecular flexibility index (Phi) is 3.39. The molecular weight excluding hydrogens is 540 g/mol. The quantitative estimate of drug-likeness (QED) is 0.179. The van der Waals surface area contributed by atoms with E-state index in [0.29, 0.717) is 0 Å². The summed E-state index contributed by atoms with van der Waals surface area (Å²) in [7, 11) is 0. The number of rotatable bonds is 0. The smallest absolute Gasteiger partial charge is 0.240 e. The average molecular weight is 562 g/mol. The fourth-order valence-corrected chi connectivity index (χ4v) is 8.55. The van der Waals surface area contributed by atoms with E-state index in [9.17, 15) is 0 Å². The van der Waals surface area contributed by atoms with Gasteiger partial charge < -0.3 is 0 Å². The highest BCUT2D eigenvalue weighted by atomic mass is 15.6. The van der Waals surface area contributed by atoms with E-state index in [0.717, 1.165) is 67.0 Å². The van der Waals surface area contributed by atoms with Crippen molar-refractivity contribution in [1.82, 2.24) is 9.13 Å². The minimum Gasteiger partial charge on any atom is -0.240 e. The van der Waals surface area contributed by atoms with Crippen LogP contribution in [0.5, 0.6) is 0 Å². The molecule has 0 aliphatic carbocycles. The van der Waals surface area contributed by atoms with Crippen LogP contribution in [0, 0.1) is 0 Å². The van der Waals surface area contributed by atoms with Crippen LogP contribution in [0.4, 0.5) is 11.6 Å². The number of benzene rings is 6. The molecular formula is C38H21N6+. The van der Waals surface area contributed by atoms with Gasteiger partial charge in [0, 0.05) is 23.1 Å². The Hall–Kier alpha value is -5.88. The SMILES string of the molecule is C[C@]12n3c4c5ccc6ccccc6c5c3N=c3c5ccc6ccccc6c5c(n31)=NC1=[N+]2C(=N4)c2ccc3ccccc3c21. The van der Waals surface area contributed by atoms with Crippen molar-refractivity contribution in [2.24, 2.45) is 15.0 Å². The van der Waals surface area contributed by atoms with Crippen molar-refractivity contribution in [2.75, 3.05) is 0 Å². The number of amidine groups is 2. The van der Waals surface area contributed by atoms with Gasteiger partial charge in [-0.15, -0.1) is 0 Å². The van der Waals surface area contributed by atoms with Crippen LogP contribution in [0.3, 0.4) is 0 Å². The molecule has 6 aromatic carbocycles. The first kappa shape index (κ1) is 21.8. The van der Waals surface area contributed by atoms with Crippen molar-refractivity contribution in [3.8, 4) is 0 Å². The molecule has 1 atom stereocenters. The van der Waals surface area contributed by atoms with Crippen molar-refractivity contribution in [1.29, 1.82) is 0 Å². The topological polar surface area (TPSA) is 49.9 Å². The van der Waals surface area contributed by atoms with Crippen molar-refractivity contribution in [2.45, 2.75) is 12.7 Å². The molecule has 4 aliphatic rings. The van der Waals surface area contributed by atoms with E-state index >= 15 is 0 Å². The Morgan fingerprint density at radius 2 is 1.16 bits per heavy atom. The molecule has 6 heterocycles. The first-order chi connectivity index (χ1) is 21.7. The molecule has 12 rings (SSSR count). The monoisotopic (exact) mass is 561 g/mol. The second-order valence-electron chi connectivity index (χ2n) is 12.4. The lowest BCUT2D eigenvalue weighted by Crippen LogP contribution is -2.62. The third-order valence-corrected chi connectivity index (χ3v) is 10.4. The first-order valence-electron chi connectivity index (χ1n) is 15.1. The van der Waals surface area contributed by atoms with Crippen molar-refractivity contribution in [3.63, 3.8) is 0 Å². The van der Waals surface area contributed by atoms with Crippen LogP contribution in [-0.4, -0.2) is 25.4 Å². The molecule has 0 bridgehead atoms. The van der Waals surface area contributed by atoms with Gasteiger partial charge in [0.1, 0.15) is 5.49 Å². The first-order valence-corrected chi connectivity index (χ1v) is 15.1. The van der Waals surface area contributed by atoms with E-state index in [1.807, 2.05) is 0 Å². The van der Waals surface area contributed by atoms with Gasteiger partial charge in [0.05, 0.1) is 16.5 Å². The second-order valence-corrected chi connectivity index (χ2v) is 12.4. The highest BCUT2D eigenvalue weighted by molar-refractivity contribution is 6.24. The zero-order chi connectivity index (χ0) is 28.5. The summed E-state index contributed by atoms with van der Waals surface area (Å²) in [4.78, 5) is 16.6. The molecule has 0 N–H and O–H groups in total. The minimum absolute atomic E-state index is 0.689. The maximum absolute atomic E-state index is 5.58. The molecule has 202 valence electrons. The summed E-state index contributed by atoms with van der Waals surface area (Å²) in [5.41, 5.74) is 4.16. The van der Waals surface area contributed by atoms with E-state index in [1.54, 1.807) is 0 Å². The zero-order valence-electron chi connectivity index (χ0n) is 23.6. The fourth-order valence-electron chi connectivity index (χ4n) is 8.55. The third kappa shape index (κ3) is 2.14. The number of aliphatic imine (C=N–C) groups is 1. The van der Waals surface area contributed by atoms with Crippen LogP contribution in [0.1, 0.15) is 18.1 Å². The molecule has 6 heteroatoms. The Morgan fingerprint density at radius 3 is 1.93 bits per heavy atom. The van der Waals surface area contributed by atoms with Crippen molar-refractivity contribution < 1.29 is 4.58 Å². The van der Waals surface area contributed by atoms with E-state index in [4.69, 9.17) is 15.0 Å². The van der Waals surface area contributed by atoms with Gasteiger partial charge in [0.2, 0.25) is 11.3 Å². The summed E-state index contributed by atoms with van der Waals surface area (Å²) in [6.07, 6.45) is 0. The highest BCUT2D eigenvalue weighted by Gasteiger charge is 2.57. The Morgan fingerprint density at radius 1 is 0.523 bits per heavy atom. The van der Waals surface area contributed by atoms with Gasteiger partial charge in [0.15, 0.2) is 5.82 Å². The third-order valence-electron chi connectivity index (χ3n) is 10.4.